The van der Waals surface area contributed by atoms with Crippen LogP contribution in [0.5, 0.6) is 0 Å². The van der Waals surface area contributed by atoms with Crippen molar-refractivity contribution >= 4 is 5.91 Å². The lowest BCUT2D eigenvalue weighted by Crippen LogP contribution is -2.22. The number of nitrogens with one attached hydrogen (secondary N) is 1. The monoisotopic (exact) mass is 192 g/mol. The van der Waals surface area contributed by atoms with Crippen molar-refractivity contribution in [1.82, 2.24) is 5.32 Å². The normalized spacial score (nSPS) is 9.86. The third-order valence-corrected chi connectivity index (χ3v) is 2.11. The summed E-state index contributed by atoms with van der Waals surface area (Å²) in [5.74, 6) is 0.00947. The molecule has 0 fully saturated rings. The number of hydrogen-bond donors (Lipinski definition) is 2. The summed E-state index contributed by atoms with van der Waals surface area (Å²) in [4.78, 5) is 10.7. The number of benzene rings is 1. The van der Waals surface area contributed by atoms with E-state index in [2.05, 4.69) is 5.32 Å². The summed E-state index contributed by atoms with van der Waals surface area (Å²) in [5.41, 5.74) is 7.96. The second-order valence-corrected chi connectivity index (χ2v) is 3.21. The second kappa shape index (κ2) is 5.40. The molecule has 0 heterocycles. The lowest BCUT2D eigenvalue weighted by Gasteiger charge is -2.07. The van der Waals surface area contributed by atoms with Crippen LogP contribution in [0.1, 0.15) is 18.1 Å². The van der Waals surface area contributed by atoms with Crippen LogP contribution in [0, 0.1) is 0 Å². The maximum Gasteiger partial charge on any atom is 0.216 e. The smallest absolute Gasteiger partial charge is 0.216 e. The molecule has 0 saturated carbocycles. The third-order valence-electron chi connectivity index (χ3n) is 2.11. The van der Waals surface area contributed by atoms with Crippen molar-refractivity contribution in [2.75, 3.05) is 6.54 Å². The van der Waals surface area contributed by atoms with E-state index in [1.807, 2.05) is 24.3 Å². The number of amides is 1. The fraction of sp³-hybridized carbons (Fsp3) is 0.364. The first-order valence-corrected chi connectivity index (χ1v) is 4.75. The Morgan fingerprint density at radius 2 is 2.00 bits per heavy atom. The van der Waals surface area contributed by atoms with Crippen molar-refractivity contribution in [2.45, 2.75) is 19.9 Å². The summed E-state index contributed by atoms with van der Waals surface area (Å²) in [6, 6.07) is 8.03. The van der Waals surface area contributed by atoms with Gasteiger partial charge in [0.1, 0.15) is 0 Å². The molecule has 0 atom stereocenters. The summed E-state index contributed by atoms with van der Waals surface area (Å²) in [5, 5.41) is 2.77. The highest BCUT2D eigenvalue weighted by molar-refractivity contribution is 5.72. The van der Waals surface area contributed by atoms with Gasteiger partial charge < -0.3 is 11.1 Å². The van der Waals surface area contributed by atoms with Crippen molar-refractivity contribution in [3.63, 3.8) is 0 Å². The molecular weight excluding hydrogens is 176 g/mol. The van der Waals surface area contributed by atoms with Crippen molar-refractivity contribution in [1.29, 1.82) is 0 Å². The zero-order valence-corrected chi connectivity index (χ0v) is 8.42. The first-order chi connectivity index (χ1) is 6.74. The molecule has 0 bridgehead atoms. The van der Waals surface area contributed by atoms with Gasteiger partial charge in [0.05, 0.1) is 0 Å². The van der Waals surface area contributed by atoms with Crippen LogP contribution in [-0.4, -0.2) is 12.5 Å². The number of carbonyl (C=O) groups excluding carboxylic acids is 1. The number of rotatable bonds is 4. The summed E-state index contributed by atoms with van der Waals surface area (Å²) >= 11 is 0. The third kappa shape index (κ3) is 3.18. The molecule has 0 spiro atoms. The predicted octanol–water partition coefficient (Wildman–Crippen LogP) is 0.824. The van der Waals surface area contributed by atoms with Crippen LogP contribution in [0.4, 0.5) is 0 Å². The Kier molecular flexibility index (Phi) is 4.13. The highest BCUT2D eigenvalue weighted by atomic mass is 16.1. The van der Waals surface area contributed by atoms with Gasteiger partial charge in [0.25, 0.3) is 0 Å². The van der Waals surface area contributed by atoms with Gasteiger partial charge in [-0.1, -0.05) is 24.3 Å². The standard InChI is InChI=1S/C11H16N2O/c1-9(14)13-7-6-10-4-2-3-5-11(10)8-12/h2-5H,6-8,12H2,1H3,(H,13,14). The molecule has 0 aliphatic carbocycles. The van der Waals surface area contributed by atoms with Crippen molar-refractivity contribution in [2.24, 2.45) is 5.73 Å². The molecule has 3 N–H and O–H groups in total. The summed E-state index contributed by atoms with van der Waals surface area (Å²) in [6.07, 6.45) is 0.840. The van der Waals surface area contributed by atoms with Gasteiger partial charge in [-0.2, -0.15) is 0 Å². The fourth-order valence-corrected chi connectivity index (χ4v) is 1.37. The summed E-state index contributed by atoms with van der Waals surface area (Å²) in [7, 11) is 0. The largest absolute Gasteiger partial charge is 0.356 e. The molecule has 0 radical (unpaired) electrons. The maximum atomic E-state index is 10.7. The Hall–Kier alpha value is -1.35. The molecule has 3 nitrogen and oxygen atoms in total. The minimum atomic E-state index is 0.00947. The Labute approximate surface area is 84.3 Å². The van der Waals surface area contributed by atoms with Crippen LogP contribution >= 0.6 is 0 Å². The molecule has 0 aliphatic heterocycles. The van der Waals surface area contributed by atoms with Gasteiger partial charge in [0, 0.05) is 20.0 Å². The summed E-state index contributed by atoms with van der Waals surface area (Å²) in [6.45, 7) is 2.75. The molecule has 0 unspecified atom stereocenters. The van der Waals surface area contributed by atoms with E-state index in [4.69, 9.17) is 5.73 Å². The van der Waals surface area contributed by atoms with Gasteiger partial charge in [-0.25, -0.2) is 0 Å². The van der Waals surface area contributed by atoms with E-state index in [1.54, 1.807) is 0 Å². The van der Waals surface area contributed by atoms with E-state index >= 15 is 0 Å². The predicted molar refractivity (Wildman–Crippen MR) is 56.7 cm³/mol. The first kappa shape index (κ1) is 10.7. The van der Waals surface area contributed by atoms with Gasteiger partial charge in [-0.05, 0) is 17.5 Å². The molecule has 76 valence electrons. The highest BCUT2D eigenvalue weighted by Gasteiger charge is 1.99. The Morgan fingerprint density at radius 3 is 2.57 bits per heavy atom. The van der Waals surface area contributed by atoms with E-state index in [9.17, 15) is 4.79 Å². The molecule has 14 heavy (non-hydrogen) atoms. The van der Waals surface area contributed by atoms with Crippen LogP contribution in [0.25, 0.3) is 0 Å². The Bertz CT molecular complexity index is 310. The fourth-order valence-electron chi connectivity index (χ4n) is 1.37. The van der Waals surface area contributed by atoms with Crippen molar-refractivity contribution in [3.05, 3.63) is 35.4 Å². The van der Waals surface area contributed by atoms with Gasteiger partial charge in [-0.3, -0.25) is 4.79 Å². The van der Waals surface area contributed by atoms with E-state index < -0.39 is 0 Å². The van der Waals surface area contributed by atoms with Crippen LogP contribution in [0.15, 0.2) is 24.3 Å². The van der Waals surface area contributed by atoms with Gasteiger partial charge in [0.15, 0.2) is 0 Å². The number of hydrogen-bond acceptors (Lipinski definition) is 2. The average Bonchev–Trinajstić information content (AvgIpc) is 2.18. The number of carbonyl (C=O) groups is 1. The SMILES string of the molecule is CC(=O)NCCc1ccccc1CN. The first-order valence-electron chi connectivity index (χ1n) is 4.75. The molecule has 1 aromatic rings. The molecule has 1 aromatic carbocycles. The van der Waals surface area contributed by atoms with Gasteiger partial charge >= 0.3 is 0 Å². The Morgan fingerprint density at radius 1 is 1.36 bits per heavy atom. The molecule has 1 rings (SSSR count). The van der Waals surface area contributed by atoms with Crippen LogP contribution < -0.4 is 11.1 Å². The summed E-state index contributed by atoms with van der Waals surface area (Å²) < 4.78 is 0. The van der Waals surface area contributed by atoms with E-state index in [-0.39, 0.29) is 5.91 Å². The van der Waals surface area contributed by atoms with Crippen molar-refractivity contribution < 1.29 is 4.79 Å². The molecule has 3 heteroatoms. The second-order valence-electron chi connectivity index (χ2n) is 3.21. The Balaban J connectivity index is 2.53. The molecule has 1 amide bonds. The molecule has 0 aliphatic rings. The van der Waals surface area contributed by atoms with Gasteiger partial charge in [-0.15, -0.1) is 0 Å². The minimum absolute atomic E-state index is 0.00947. The van der Waals surface area contributed by atoms with E-state index in [0.29, 0.717) is 13.1 Å². The van der Waals surface area contributed by atoms with Crippen LogP contribution in [0.2, 0.25) is 0 Å². The van der Waals surface area contributed by atoms with Crippen LogP contribution in [0.3, 0.4) is 0 Å². The van der Waals surface area contributed by atoms with Crippen LogP contribution in [-0.2, 0) is 17.8 Å². The maximum absolute atomic E-state index is 10.7. The minimum Gasteiger partial charge on any atom is -0.356 e. The van der Waals surface area contributed by atoms with Gasteiger partial charge in [0.2, 0.25) is 5.91 Å². The van der Waals surface area contributed by atoms with E-state index in [1.165, 1.54) is 12.5 Å². The molecule has 0 aromatic heterocycles. The number of nitrogens with two attached hydrogens (primary N) is 1. The zero-order chi connectivity index (χ0) is 10.4. The average molecular weight is 192 g/mol. The topological polar surface area (TPSA) is 55.1 Å². The van der Waals surface area contributed by atoms with Crippen molar-refractivity contribution in [3.8, 4) is 0 Å². The molecular formula is C11H16N2O. The lowest BCUT2D eigenvalue weighted by molar-refractivity contribution is -0.118. The molecule has 0 saturated heterocycles. The quantitative estimate of drug-likeness (QED) is 0.742. The zero-order valence-electron chi connectivity index (χ0n) is 8.42. The lowest BCUT2D eigenvalue weighted by atomic mass is 10.0. The highest BCUT2D eigenvalue weighted by Crippen LogP contribution is 2.07. The van der Waals surface area contributed by atoms with E-state index in [0.717, 1.165) is 12.0 Å².